The van der Waals surface area contributed by atoms with E-state index in [1.807, 2.05) is 0 Å². The molecule has 0 unspecified atom stereocenters. The second-order valence-corrected chi connectivity index (χ2v) is 16.4. The van der Waals surface area contributed by atoms with Gasteiger partial charge < -0.3 is 15.0 Å². The molecule has 0 rings (SSSR count). The SMILES string of the molecule is CCCCCCCCCOC(=O)CCCCCCCN(CCCCCCCC(CCCCCCCC)CCCCCCCC)CCCNC(=NC)NOC. The van der Waals surface area contributed by atoms with E-state index >= 15 is 0 Å². The molecule has 0 saturated carbocycles. The van der Waals surface area contributed by atoms with Crippen LogP contribution in [0.4, 0.5) is 0 Å². The normalized spacial score (nSPS) is 11.9. The van der Waals surface area contributed by atoms with Crippen LogP contribution in [0.3, 0.4) is 0 Å². The molecule has 0 atom stereocenters. The summed E-state index contributed by atoms with van der Waals surface area (Å²) in [7, 11) is 3.38. The lowest BCUT2D eigenvalue weighted by atomic mass is 9.89. The molecule has 0 heterocycles. The van der Waals surface area contributed by atoms with Gasteiger partial charge in [0.1, 0.15) is 0 Å². The Kier molecular flexibility index (Phi) is 43.3. The molecule has 0 aromatic heterocycles. The van der Waals surface area contributed by atoms with Crippen molar-refractivity contribution < 1.29 is 14.4 Å². The third-order valence-electron chi connectivity index (χ3n) is 11.3. The van der Waals surface area contributed by atoms with Crippen LogP contribution in [-0.4, -0.2) is 63.8 Å². The highest BCUT2D eigenvalue weighted by Gasteiger charge is 2.10. The van der Waals surface area contributed by atoms with E-state index < -0.39 is 0 Å². The van der Waals surface area contributed by atoms with Gasteiger partial charge in [-0.15, -0.1) is 0 Å². The molecule has 0 radical (unpaired) electrons. The molecular formula is C47H96N4O3. The lowest BCUT2D eigenvalue weighted by Gasteiger charge is -2.23. The molecular weight excluding hydrogens is 669 g/mol. The van der Waals surface area contributed by atoms with E-state index in [0.717, 1.165) is 44.7 Å². The molecule has 7 heteroatoms. The Morgan fingerprint density at radius 2 is 0.944 bits per heavy atom. The summed E-state index contributed by atoms with van der Waals surface area (Å²) in [4.78, 5) is 24.0. The van der Waals surface area contributed by atoms with E-state index in [4.69, 9.17) is 9.57 Å². The van der Waals surface area contributed by atoms with Crippen LogP contribution in [0.15, 0.2) is 4.99 Å². The van der Waals surface area contributed by atoms with Gasteiger partial charge in [-0.05, 0) is 57.7 Å². The van der Waals surface area contributed by atoms with Gasteiger partial charge in [-0.3, -0.25) is 14.6 Å². The number of nitrogens with one attached hydrogen (secondary N) is 2. The van der Waals surface area contributed by atoms with Crippen molar-refractivity contribution in [1.82, 2.24) is 15.7 Å². The molecule has 0 amide bonds. The standard InChI is InChI=1S/C47H96N4O3/c1-6-9-12-15-18-27-34-44-54-46(52)39-31-24-20-26-33-42-51(43-35-40-49-47(48-4)50-53-5)41-32-25-19-23-30-38-45(36-28-21-16-13-10-7-2)37-29-22-17-14-11-8-3/h45H,6-44H2,1-5H3,(H2,48,49,50). The minimum absolute atomic E-state index is 0.00103. The molecule has 2 N–H and O–H groups in total. The van der Waals surface area contributed by atoms with E-state index in [1.165, 1.54) is 199 Å². The van der Waals surface area contributed by atoms with E-state index in [0.29, 0.717) is 19.0 Å². The van der Waals surface area contributed by atoms with Crippen LogP contribution in [0, 0.1) is 5.92 Å². The van der Waals surface area contributed by atoms with Gasteiger partial charge in [-0.25, -0.2) is 5.48 Å². The Hall–Kier alpha value is -1.34. The van der Waals surface area contributed by atoms with Gasteiger partial charge >= 0.3 is 5.97 Å². The van der Waals surface area contributed by atoms with Gasteiger partial charge in [0.2, 0.25) is 5.96 Å². The number of ether oxygens (including phenoxy) is 1. The molecule has 0 aliphatic rings. The highest BCUT2D eigenvalue weighted by Crippen LogP contribution is 2.25. The summed E-state index contributed by atoms with van der Waals surface area (Å²) >= 11 is 0. The first-order valence-electron chi connectivity index (χ1n) is 24.0. The number of hydrogen-bond acceptors (Lipinski definition) is 5. The van der Waals surface area contributed by atoms with Crippen LogP contribution in [0.25, 0.3) is 0 Å². The number of hydrogen-bond donors (Lipinski definition) is 2. The molecule has 0 aromatic carbocycles. The first kappa shape index (κ1) is 52.7. The maximum Gasteiger partial charge on any atom is 0.305 e. The monoisotopic (exact) mass is 765 g/mol. The van der Waals surface area contributed by atoms with Gasteiger partial charge in [0.05, 0.1) is 13.7 Å². The number of esters is 1. The molecule has 322 valence electrons. The molecule has 0 aromatic rings. The van der Waals surface area contributed by atoms with Gasteiger partial charge in [-0.2, -0.15) is 0 Å². The summed E-state index contributed by atoms with van der Waals surface area (Å²) in [5, 5.41) is 3.35. The van der Waals surface area contributed by atoms with Gasteiger partial charge in [-0.1, -0.05) is 201 Å². The third-order valence-corrected chi connectivity index (χ3v) is 11.3. The molecule has 0 aliphatic carbocycles. The number of aliphatic imine (C=N–C) groups is 1. The lowest BCUT2D eigenvalue weighted by Crippen LogP contribution is -2.38. The topological polar surface area (TPSA) is 75.2 Å². The van der Waals surface area contributed by atoms with Crippen LogP contribution in [0.5, 0.6) is 0 Å². The minimum Gasteiger partial charge on any atom is -0.466 e. The Morgan fingerprint density at radius 3 is 1.41 bits per heavy atom. The number of carbonyl (C=O) groups excluding carboxylic acids is 1. The molecule has 54 heavy (non-hydrogen) atoms. The van der Waals surface area contributed by atoms with Crippen molar-refractivity contribution in [2.24, 2.45) is 10.9 Å². The number of guanidine groups is 1. The zero-order chi connectivity index (χ0) is 39.4. The van der Waals surface area contributed by atoms with Gasteiger partial charge in [0.15, 0.2) is 0 Å². The first-order chi connectivity index (χ1) is 26.6. The summed E-state index contributed by atoms with van der Waals surface area (Å²) in [5.41, 5.74) is 2.81. The summed E-state index contributed by atoms with van der Waals surface area (Å²) < 4.78 is 5.48. The zero-order valence-electron chi connectivity index (χ0n) is 37.3. The van der Waals surface area contributed by atoms with Gasteiger partial charge in [0, 0.05) is 20.0 Å². The smallest absolute Gasteiger partial charge is 0.305 e. The van der Waals surface area contributed by atoms with Crippen molar-refractivity contribution in [3.63, 3.8) is 0 Å². The van der Waals surface area contributed by atoms with Crippen LogP contribution in [-0.2, 0) is 14.4 Å². The molecule has 7 nitrogen and oxygen atoms in total. The van der Waals surface area contributed by atoms with Crippen molar-refractivity contribution in [3.8, 4) is 0 Å². The van der Waals surface area contributed by atoms with Crippen LogP contribution < -0.4 is 10.8 Å². The Morgan fingerprint density at radius 1 is 0.537 bits per heavy atom. The average molecular weight is 765 g/mol. The van der Waals surface area contributed by atoms with Crippen LogP contribution >= 0.6 is 0 Å². The Balaban J connectivity index is 4.38. The quantitative estimate of drug-likeness (QED) is 0.0212. The fraction of sp³-hybridized carbons (Fsp3) is 0.957. The minimum atomic E-state index is -0.00103. The highest BCUT2D eigenvalue weighted by molar-refractivity contribution is 5.78. The maximum atomic E-state index is 12.1. The predicted molar refractivity (Wildman–Crippen MR) is 236 cm³/mol. The number of carbonyl (C=O) groups is 1. The van der Waals surface area contributed by atoms with Crippen molar-refractivity contribution in [3.05, 3.63) is 0 Å². The van der Waals surface area contributed by atoms with Crippen LogP contribution in [0.1, 0.15) is 239 Å². The van der Waals surface area contributed by atoms with Crippen molar-refractivity contribution >= 4 is 11.9 Å². The number of nitrogens with zero attached hydrogens (tertiary/aromatic N) is 2. The predicted octanol–water partition coefficient (Wildman–Crippen LogP) is 13.5. The van der Waals surface area contributed by atoms with E-state index in [1.54, 1.807) is 14.2 Å². The zero-order valence-corrected chi connectivity index (χ0v) is 37.3. The van der Waals surface area contributed by atoms with E-state index in [2.05, 4.69) is 41.5 Å². The summed E-state index contributed by atoms with van der Waals surface area (Å²) in [6, 6.07) is 0. The average Bonchev–Trinajstić information content (AvgIpc) is 3.18. The Bertz CT molecular complexity index is 764. The van der Waals surface area contributed by atoms with Gasteiger partial charge in [0.25, 0.3) is 0 Å². The number of rotatable bonds is 43. The third kappa shape index (κ3) is 38.9. The fourth-order valence-electron chi connectivity index (χ4n) is 7.71. The van der Waals surface area contributed by atoms with Crippen molar-refractivity contribution in [2.45, 2.75) is 239 Å². The maximum absolute atomic E-state index is 12.1. The summed E-state index contributed by atoms with van der Waals surface area (Å²) in [5.74, 6) is 1.66. The van der Waals surface area contributed by atoms with Crippen molar-refractivity contribution in [2.75, 3.05) is 46.9 Å². The molecule has 0 saturated heterocycles. The summed E-state index contributed by atoms with van der Waals surface area (Å²) in [6.07, 6.45) is 44.6. The largest absolute Gasteiger partial charge is 0.466 e. The first-order valence-corrected chi connectivity index (χ1v) is 24.0. The fourth-order valence-corrected chi connectivity index (χ4v) is 7.71. The molecule has 0 bridgehead atoms. The molecule has 0 aliphatic heterocycles. The molecule has 0 spiro atoms. The lowest BCUT2D eigenvalue weighted by molar-refractivity contribution is -0.143. The van der Waals surface area contributed by atoms with Crippen molar-refractivity contribution in [1.29, 1.82) is 0 Å². The summed E-state index contributed by atoms with van der Waals surface area (Å²) in [6.45, 7) is 11.9. The molecule has 0 fully saturated rings. The second kappa shape index (κ2) is 44.4. The highest BCUT2D eigenvalue weighted by atomic mass is 16.6. The van der Waals surface area contributed by atoms with Crippen LogP contribution in [0.2, 0.25) is 0 Å². The number of hydroxylamine groups is 1. The second-order valence-electron chi connectivity index (χ2n) is 16.4. The number of unbranched alkanes of at least 4 members (excludes halogenated alkanes) is 24. The Labute approximate surface area is 338 Å². The van der Waals surface area contributed by atoms with E-state index in [9.17, 15) is 4.79 Å². The van der Waals surface area contributed by atoms with E-state index in [-0.39, 0.29) is 5.97 Å².